The van der Waals surface area contributed by atoms with Crippen LogP contribution in [0.3, 0.4) is 0 Å². The topological polar surface area (TPSA) is 58.6 Å². The summed E-state index contributed by atoms with van der Waals surface area (Å²) >= 11 is 0. The van der Waals surface area contributed by atoms with Gasteiger partial charge in [0.15, 0.2) is 0 Å². The molecule has 228 valence electrons. The van der Waals surface area contributed by atoms with Crippen molar-refractivity contribution in [3.05, 3.63) is 0 Å². The number of aliphatic hydroxyl groups is 1. The maximum atomic E-state index is 13.1. The lowest BCUT2D eigenvalue weighted by Crippen LogP contribution is -2.53. The van der Waals surface area contributed by atoms with Crippen LogP contribution in [0.5, 0.6) is 0 Å². The van der Waals surface area contributed by atoms with Crippen LogP contribution in [0.15, 0.2) is 0 Å². The number of carbonyl (C=O) groups is 1. The third-order valence-corrected chi connectivity index (χ3v) is 8.29. The first-order valence-electron chi connectivity index (χ1n) is 17.1. The molecule has 0 fully saturated rings. The lowest BCUT2D eigenvalue weighted by atomic mass is 9.86. The SMILES string of the molecule is CCCCCCCCCCCCCCOC(=O)C(CCCCCC)C(O)(CCCCCCCCCC)NC. The van der Waals surface area contributed by atoms with Gasteiger partial charge < -0.3 is 9.84 Å². The first kappa shape index (κ1) is 37.4. The summed E-state index contributed by atoms with van der Waals surface area (Å²) in [5.74, 6) is -0.688. The molecule has 2 unspecified atom stereocenters. The van der Waals surface area contributed by atoms with Gasteiger partial charge in [0, 0.05) is 0 Å². The molecule has 0 aromatic rings. The van der Waals surface area contributed by atoms with E-state index in [0.717, 1.165) is 38.5 Å². The van der Waals surface area contributed by atoms with Crippen molar-refractivity contribution in [3.63, 3.8) is 0 Å². The van der Waals surface area contributed by atoms with Crippen LogP contribution in [0.4, 0.5) is 0 Å². The van der Waals surface area contributed by atoms with E-state index >= 15 is 0 Å². The quantitative estimate of drug-likeness (QED) is 0.0541. The standard InChI is InChI=1S/C34H69NO3/c1-5-8-11-14-16-18-19-20-21-23-25-28-31-38-33(36)32(29-26-13-10-7-3)34(37,35-4)30-27-24-22-17-15-12-9-6-2/h32,35,37H,5-31H2,1-4H3. The van der Waals surface area contributed by atoms with Crippen LogP contribution in [-0.2, 0) is 9.53 Å². The Balaban J connectivity index is 4.31. The molecule has 0 aromatic heterocycles. The van der Waals surface area contributed by atoms with Gasteiger partial charge in [-0.3, -0.25) is 10.1 Å². The maximum Gasteiger partial charge on any atom is 0.313 e. The first-order chi connectivity index (χ1) is 18.6. The zero-order valence-electron chi connectivity index (χ0n) is 26.4. The second-order valence-corrected chi connectivity index (χ2v) is 11.9. The highest BCUT2D eigenvalue weighted by molar-refractivity contribution is 5.73. The second-order valence-electron chi connectivity index (χ2n) is 11.9. The van der Waals surface area contributed by atoms with Gasteiger partial charge in [-0.1, -0.05) is 162 Å². The summed E-state index contributed by atoms with van der Waals surface area (Å²) in [7, 11) is 1.79. The monoisotopic (exact) mass is 540 g/mol. The molecule has 0 aliphatic carbocycles. The Hall–Kier alpha value is -0.610. The number of hydrogen-bond donors (Lipinski definition) is 2. The molecule has 38 heavy (non-hydrogen) atoms. The van der Waals surface area contributed by atoms with Crippen LogP contribution in [0.1, 0.15) is 188 Å². The molecule has 0 radical (unpaired) electrons. The van der Waals surface area contributed by atoms with Crippen molar-refractivity contribution in [2.24, 2.45) is 5.92 Å². The number of ether oxygens (including phenoxy) is 1. The highest BCUT2D eigenvalue weighted by atomic mass is 16.5. The number of nitrogens with one attached hydrogen (secondary N) is 1. The van der Waals surface area contributed by atoms with Gasteiger partial charge in [-0.25, -0.2) is 0 Å². The molecule has 0 spiro atoms. The van der Waals surface area contributed by atoms with E-state index in [4.69, 9.17) is 4.74 Å². The lowest BCUT2D eigenvalue weighted by Gasteiger charge is -2.35. The molecule has 0 aliphatic heterocycles. The van der Waals surface area contributed by atoms with Crippen LogP contribution in [0.25, 0.3) is 0 Å². The molecule has 0 bridgehead atoms. The minimum absolute atomic E-state index is 0.207. The van der Waals surface area contributed by atoms with Gasteiger partial charge in [0.25, 0.3) is 0 Å². The van der Waals surface area contributed by atoms with Crippen molar-refractivity contribution in [2.75, 3.05) is 13.7 Å². The van der Waals surface area contributed by atoms with Crippen molar-refractivity contribution in [3.8, 4) is 0 Å². The summed E-state index contributed by atoms with van der Waals surface area (Å²) in [6.07, 6.45) is 31.1. The number of hydrogen-bond acceptors (Lipinski definition) is 4. The number of esters is 1. The molecule has 0 heterocycles. The summed E-state index contributed by atoms with van der Waals surface area (Å²) in [5.41, 5.74) is -1.16. The average molecular weight is 540 g/mol. The molecule has 0 amide bonds. The molecular formula is C34H69NO3. The van der Waals surface area contributed by atoms with Gasteiger partial charge in [0.1, 0.15) is 5.72 Å². The Morgan fingerprint density at radius 2 is 0.974 bits per heavy atom. The zero-order valence-corrected chi connectivity index (χ0v) is 26.4. The summed E-state index contributed by atoms with van der Waals surface area (Å²) in [4.78, 5) is 13.1. The predicted octanol–water partition coefficient (Wildman–Crippen LogP) is 10.3. The number of carbonyl (C=O) groups excluding carboxylic acids is 1. The molecule has 0 rings (SSSR count). The van der Waals surface area contributed by atoms with Crippen molar-refractivity contribution < 1.29 is 14.6 Å². The van der Waals surface area contributed by atoms with Gasteiger partial charge in [0.2, 0.25) is 0 Å². The minimum atomic E-state index is -1.16. The molecule has 0 aliphatic rings. The third kappa shape index (κ3) is 21.2. The Morgan fingerprint density at radius 3 is 1.39 bits per heavy atom. The molecule has 4 heteroatoms. The van der Waals surface area contributed by atoms with Crippen molar-refractivity contribution in [2.45, 2.75) is 193 Å². The second kappa shape index (κ2) is 27.9. The molecule has 4 nitrogen and oxygen atoms in total. The fraction of sp³-hybridized carbons (Fsp3) is 0.971. The molecule has 2 N–H and O–H groups in total. The molecule has 0 aromatic carbocycles. The molecule has 0 saturated carbocycles. The van der Waals surface area contributed by atoms with E-state index < -0.39 is 11.6 Å². The summed E-state index contributed by atoms with van der Waals surface area (Å²) in [5, 5.41) is 14.6. The highest BCUT2D eigenvalue weighted by Gasteiger charge is 2.40. The zero-order chi connectivity index (χ0) is 28.2. The fourth-order valence-electron chi connectivity index (χ4n) is 5.55. The van der Waals surface area contributed by atoms with Gasteiger partial charge in [-0.05, 0) is 32.7 Å². The molecule has 2 atom stereocenters. The summed E-state index contributed by atoms with van der Waals surface area (Å²) in [6, 6.07) is 0. The van der Waals surface area contributed by atoms with Gasteiger partial charge >= 0.3 is 5.97 Å². The van der Waals surface area contributed by atoms with Gasteiger partial charge in [0.05, 0.1) is 12.5 Å². The third-order valence-electron chi connectivity index (χ3n) is 8.29. The number of unbranched alkanes of at least 4 members (excludes halogenated alkanes) is 21. The summed E-state index contributed by atoms with van der Waals surface area (Å²) < 4.78 is 5.74. The Morgan fingerprint density at radius 1 is 0.605 bits per heavy atom. The van der Waals surface area contributed by atoms with E-state index in [1.165, 1.54) is 116 Å². The number of rotatable bonds is 30. The highest BCUT2D eigenvalue weighted by Crippen LogP contribution is 2.28. The Bertz CT molecular complexity index is 498. The van der Waals surface area contributed by atoms with Crippen LogP contribution in [-0.4, -0.2) is 30.5 Å². The fourth-order valence-corrected chi connectivity index (χ4v) is 5.55. The smallest absolute Gasteiger partial charge is 0.313 e. The predicted molar refractivity (Wildman–Crippen MR) is 166 cm³/mol. The minimum Gasteiger partial charge on any atom is -0.465 e. The maximum absolute atomic E-state index is 13.1. The van der Waals surface area contributed by atoms with Crippen molar-refractivity contribution >= 4 is 5.97 Å². The molecular weight excluding hydrogens is 470 g/mol. The Labute approximate surface area is 238 Å². The van der Waals surface area contributed by atoms with Crippen LogP contribution >= 0.6 is 0 Å². The van der Waals surface area contributed by atoms with Gasteiger partial charge in [-0.2, -0.15) is 0 Å². The molecule has 0 saturated heterocycles. The van der Waals surface area contributed by atoms with Crippen LogP contribution in [0, 0.1) is 5.92 Å². The van der Waals surface area contributed by atoms with Crippen LogP contribution < -0.4 is 5.32 Å². The van der Waals surface area contributed by atoms with E-state index in [9.17, 15) is 9.90 Å². The Kier molecular flexibility index (Phi) is 27.5. The largest absolute Gasteiger partial charge is 0.465 e. The van der Waals surface area contributed by atoms with Crippen molar-refractivity contribution in [1.82, 2.24) is 5.32 Å². The van der Waals surface area contributed by atoms with Crippen molar-refractivity contribution in [1.29, 1.82) is 0 Å². The first-order valence-corrected chi connectivity index (χ1v) is 17.1. The van der Waals surface area contributed by atoms with Crippen LogP contribution in [0.2, 0.25) is 0 Å². The summed E-state index contributed by atoms with van der Waals surface area (Å²) in [6.45, 7) is 7.21. The lowest BCUT2D eigenvalue weighted by molar-refractivity contribution is -0.163. The van der Waals surface area contributed by atoms with E-state index in [2.05, 4.69) is 26.1 Å². The average Bonchev–Trinajstić information content (AvgIpc) is 2.92. The normalized spacial score (nSPS) is 13.9. The van der Waals surface area contributed by atoms with E-state index in [1.54, 1.807) is 7.05 Å². The van der Waals surface area contributed by atoms with E-state index in [0.29, 0.717) is 19.4 Å². The van der Waals surface area contributed by atoms with Gasteiger partial charge in [-0.15, -0.1) is 0 Å². The van der Waals surface area contributed by atoms with E-state index in [-0.39, 0.29) is 5.97 Å². The van der Waals surface area contributed by atoms with E-state index in [1.807, 2.05) is 0 Å².